The van der Waals surface area contributed by atoms with E-state index in [1.807, 2.05) is 12.1 Å². The van der Waals surface area contributed by atoms with Crippen LogP contribution >= 0.6 is 15.9 Å². The Morgan fingerprint density at radius 1 is 1.29 bits per heavy atom. The highest BCUT2D eigenvalue weighted by Crippen LogP contribution is 2.14. The molecule has 0 spiro atoms. The van der Waals surface area contributed by atoms with Crippen LogP contribution in [-0.4, -0.2) is 10.2 Å². The summed E-state index contributed by atoms with van der Waals surface area (Å²) >= 11 is 3.12. The maximum atomic E-state index is 5.24. The smallest absolute Gasteiger partial charge is 0.284 e. The average molecular weight is 253 g/mol. The molecule has 0 atom stereocenters. The van der Waals surface area contributed by atoms with Gasteiger partial charge in [-0.05, 0) is 18.1 Å². The van der Waals surface area contributed by atoms with Crippen molar-refractivity contribution >= 4 is 15.9 Å². The molecule has 1 aromatic carbocycles. The number of aromatic nitrogens is 2. The van der Waals surface area contributed by atoms with Gasteiger partial charge in [0.1, 0.15) is 0 Å². The first-order valence-corrected chi connectivity index (χ1v) is 5.07. The summed E-state index contributed by atoms with van der Waals surface area (Å²) in [6.07, 6.45) is 0.686. The minimum atomic E-state index is 0.432. The maximum Gasteiger partial charge on any atom is 0.284 e. The number of hydrogen-bond donors (Lipinski definition) is 0. The van der Waals surface area contributed by atoms with Crippen LogP contribution in [0.5, 0.6) is 0 Å². The van der Waals surface area contributed by atoms with E-state index in [0.29, 0.717) is 17.1 Å². The predicted molar refractivity (Wildman–Crippen MR) is 56.0 cm³/mol. The van der Waals surface area contributed by atoms with Gasteiger partial charge in [0.25, 0.3) is 4.80 Å². The quantitative estimate of drug-likeness (QED) is 0.825. The van der Waals surface area contributed by atoms with Crippen LogP contribution in [0, 0.1) is 6.92 Å². The molecule has 0 bridgehead atoms. The van der Waals surface area contributed by atoms with Crippen molar-refractivity contribution in [3.63, 3.8) is 0 Å². The van der Waals surface area contributed by atoms with Gasteiger partial charge in [-0.3, -0.25) is 0 Å². The molecule has 1 aromatic heterocycles. The second kappa shape index (κ2) is 3.92. The molecular weight excluding hydrogens is 244 g/mol. The highest BCUT2D eigenvalue weighted by molar-refractivity contribution is 9.10. The van der Waals surface area contributed by atoms with Crippen LogP contribution in [0.1, 0.15) is 17.0 Å². The van der Waals surface area contributed by atoms with Crippen LogP contribution in [-0.2, 0) is 6.42 Å². The molecule has 0 unspecified atom stereocenters. The molecule has 72 valence electrons. The molecule has 1 heterocycles. The van der Waals surface area contributed by atoms with E-state index in [4.69, 9.17) is 4.42 Å². The zero-order valence-corrected chi connectivity index (χ0v) is 9.28. The Hall–Kier alpha value is -1.16. The van der Waals surface area contributed by atoms with Gasteiger partial charge in [0.15, 0.2) is 0 Å². The molecule has 0 aliphatic heterocycles. The fourth-order valence-corrected chi connectivity index (χ4v) is 1.54. The van der Waals surface area contributed by atoms with E-state index >= 15 is 0 Å². The van der Waals surface area contributed by atoms with E-state index in [1.165, 1.54) is 11.1 Å². The number of aryl methyl sites for hydroxylation is 1. The Bertz CT molecular complexity index is 439. The molecule has 0 radical (unpaired) electrons. The molecule has 0 fully saturated rings. The van der Waals surface area contributed by atoms with Crippen molar-refractivity contribution in [3.8, 4) is 0 Å². The summed E-state index contributed by atoms with van der Waals surface area (Å²) in [5.41, 5.74) is 2.45. The SMILES string of the molecule is Cc1ccccc1Cc1nnc(Br)o1. The molecule has 0 amide bonds. The highest BCUT2D eigenvalue weighted by atomic mass is 79.9. The van der Waals surface area contributed by atoms with Gasteiger partial charge < -0.3 is 4.42 Å². The molecule has 14 heavy (non-hydrogen) atoms. The van der Waals surface area contributed by atoms with E-state index in [1.54, 1.807) is 0 Å². The van der Waals surface area contributed by atoms with Gasteiger partial charge >= 0.3 is 0 Å². The summed E-state index contributed by atoms with van der Waals surface area (Å²) in [7, 11) is 0. The largest absolute Gasteiger partial charge is 0.415 e. The first kappa shape index (κ1) is 9.40. The van der Waals surface area contributed by atoms with Crippen molar-refractivity contribution in [2.75, 3.05) is 0 Å². The molecule has 2 rings (SSSR count). The van der Waals surface area contributed by atoms with E-state index < -0.39 is 0 Å². The Balaban J connectivity index is 2.23. The van der Waals surface area contributed by atoms with Gasteiger partial charge in [0.05, 0.1) is 6.42 Å². The van der Waals surface area contributed by atoms with E-state index in [9.17, 15) is 0 Å². The summed E-state index contributed by atoms with van der Waals surface area (Å²) in [5.74, 6) is 0.631. The lowest BCUT2D eigenvalue weighted by atomic mass is 10.1. The molecule has 3 nitrogen and oxygen atoms in total. The third-order valence-corrected chi connectivity index (χ3v) is 2.37. The monoisotopic (exact) mass is 252 g/mol. The summed E-state index contributed by atoms with van der Waals surface area (Å²) < 4.78 is 5.24. The van der Waals surface area contributed by atoms with E-state index in [0.717, 1.165) is 0 Å². The summed E-state index contributed by atoms with van der Waals surface area (Å²) in [4.78, 5) is 0.432. The summed E-state index contributed by atoms with van der Waals surface area (Å²) in [6, 6.07) is 8.16. The van der Waals surface area contributed by atoms with Gasteiger partial charge in [-0.1, -0.05) is 24.3 Å². The van der Waals surface area contributed by atoms with Crippen molar-refractivity contribution in [3.05, 3.63) is 46.1 Å². The third kappa shape index (κ3) is 2.01. The number of halogens is 1. The lowest BCUT2D eigenvalue weighted by molar-refractivity contribution is 0.482. The fraction of sp³-hybridized carbons (Fsp3) is 0.200. The van der Waals surface area contributed by atoms with Crippen LogP contribution in [0.25, 0.3) is 0 Å². The van der Waals surface area contributed by atoms with Crippen LogP contribution < -0.4 is 0 Å². The van der Waals surface area contributed by atoms with Crippen molar-refractivity contribution in [2.24, 2.45) is 0 Å². The lowest BCUT2D eigenvalue weighted by Gasteiger charge is -2.00. The first-order chi connectivity index (χ1) is 6.75. The van der Waals surface area contributed by atoms with Gasteiger partial charge in [0, 0.05) is 15.9 Å². The van der Waals surface area contributed by atoms with Crippen molar-refractivity contribution in [2.45, 2.75) is 13.3 Å². The van der Waals surface area contributed by atoms with Crippen LogP contribution in [0.15, 0.2) is 33.5 Å². The maximum absolute atomic E-state index is 5.24. The van der Waals surface area contributed by atoms with Crippen LogP contribution in [0.2, 0.25) is 0 Å². The Morgan fingerprint density at radius 3 is 2.71 bits per heavy atom. The summed E-state index contributed by atoms with van der Waals surface area (Å²) in [6.45, 7) is 2.07. The number of hydrogen-bond acceptors (Lipinski definition) is 3. The van der Waals surface area contributed by atoms with Gasteiger partial charge in [-0.15, -0.1) is 10.2 Å². The third-order valence-electron chi connectivity index (χ3n) is 2.05. The van der Waals surface area contributed by atoms with Crippen molar-refractivity contribution in [1.29, 1.82) is 0 Å². The normalized spacial score (nSPS) is 10.4. The second-order valence-corrected chi connectivity index (χ2v) is 3.73. The predicted octanol–water partition coefficient (Wildman–Crippen LogP) is 2.73. The average Bonchev–Trinajstić information content (AvgIpc) is 2.56. The molecular formula is C10H9BrN2O. The fourth-order valence-electron chi connectivity index (χ4n) is 1.28. The molecule has 4 heteroatoms. The topological polar surface area (TPSA) is 38.9 Å². The molecule has 0 saturated heterocycles. The van der Waals surface area contributed by atoms with Crippen molar-refractivity contribution in [1.82, 2.24) is 10.2 Å². The Morgan fingerprint density at radius 2 is 2.07 bits per heavy atom. The minimum absolute atomic E-state index is 0.432. The van der Waals surface area contributed by atoms with E-state index in [-0.39, 0.29) is 0 Å². The zero-order valence-electron chi connectivity index (χ0n) is 7.70. The van der Waals surface area contributed by atoms with Crippen molar-refractivity contribution < 1.29 is 4.42 Å². The van der Waals surface area contributed by atoms with Gasteiger partial charge in [-0.25, -0.2) is 0 Å². The van der Waals surface area contributed by atoms with Crippen LogP contribution in [0.3, 0.4) is 0 Å². The Labute approximate surface area is 90.3 Å². The number of benzene rings is 1. The molecule has 0 N–H and O–H groups in total. The number of rotatable bonds is 2. The molecule has 2 aromatic rings. The van der Waals surface area contributed by atoms with Gasteiger partial charge in [0.2, 0.25) is 5.89 Å². The molecule has 0 saturated carbocycles. The Kier molecular flexibility index (Phi) is 2.63. The first-order valence-electron chi connectivity index (χ1n) is 4.28. The lowest BCUT2D eigenvalue weighted by Crippen LogP contribution is -1.91. The number of nitrogens with zero attached hydrogens (tertiary/aromatic N) is 2. The van der Waals surface area contributed by atoms with Crippen LogP contribution in [0.4, 0.5) is 0 Å². The highest BCUT2D eigenvalue weighted by Gasteiger charge is 2.05. The van der Waals surface area contributed by atoms with Gasteiger partial charge in [-0.2, -0.15) is 0 Å². The van der Waals surface area contributed by atoms with E-state index in [2.05, 4.69) is 45.2 Å². The second-order valence-electron chi connectivity index (χ2n) is 3.05. The summed E-state index contributed by atoms with van der Waals surface area (Å²) in [5, 5.41) is 7.63. The molecule has 0 aliphatic carbocycles. The molecule has 0 aliphatic rings. The standard InChI is InChI=1S/C10H9BrN2O/c1-7-4-2-3-5-8(7)6-9-12-13-10(11)14-9/h2-5H,6H2,1H3. The minimum Gasteiger partial charge on any atom is -0.415 e. The zero-order chi connectivity index (χ0) is 9.97.